The fourth-order valence-electron chi connectivity index (χ4n) is 1.29. The van der Waals surface area contributed by atoms with Gasteiger partial charge in [-0.05, 0) is 6.42 Å². The summed E-state index contributed by atoms with van der Waals surface area (Å²) in [7, 11) is 1.44. The van der Waals surface area contributed by atoms with Crippen molar-refractivity contribution in [3.63, 3.8) is 0 Å². The normalized spacial score (nSPS) is 10.2. The summed E-state index contributed by atoms with van der Waals surface area (Å²) in [6.45, 7) is 4.05. The molecular weight excluding hydrogens is 222 g/mol. The summed E-state index contributed by atoms with van der Waals surface area (Å²) in [6.07, 6.45) is 3.52. The number of H-pyrrole nitrogens is 1. The zero-order valence-electron chi connectivity index (χ0n) is 10.3. The predicted molar refractivity (Wildman–Crippen MR) is 65.6 cm³/mol. The molecule has 1 rings (SSSR count). The lowest BCUT2D eigenvalue weighted by Crippen LogP contribution is -2.16. The van der Waals surface area contributed by atoms with Crippen LogP contribution in [0.15, 0.2) is 11.1 Å². The van der Waals surface area contributed by atoms with Gasteiger partial charge >= 0.3 is 0 Å². The van der Waals surface area contributed by atoms with Gasteiger partial charge in [0.1, 0.15) is 0 Å². The van der Waals surface area contributed by atoms with Gasteiger partial charge in [-0.2, -0.15) is 0 Å². The number of unbranched alkanes of at least 4 members (excludes halogenated alkanes) is 1. The lowest BCUT2D eigenvalue weighted by Gasteiger charge is -2.08. The second kappa shape index (κ2) is 7.67. The van der Waals surface area contributed by atoms with Crippen molar-refractivity contribution < 1.29 is 9.47 Å². The standard InChI is InChI=1S/C11H19N3O3/c1-3-4-6-17-7-5-12-10-9(16-2)11(15)14-8-13-10/h8H,3-7H2,1-2H3,(H2,12,13,14,15). The number of aromatic nitrogens is 2. The van der Waals surface area contributed by atoms with Crippen molar-refractivity contribution in [2.24, 2.45) is 0 Å². The Morgan fingerprint density at radius 3 is 3.00 bits per heavy atom. The first-order chi connectivity index (χ1) is 8.29. The Balaban J connectivity index is 2.36. The molecule has 0 atom stereocenters. The average Bonchev–Trinajstić information content (AvgIpc) is 2.34. The lowest BCUT2D eigenvalue weighted by atomic mass is 10.4. The first-order valence-corrected chi connectivity index (χ1v) is 5.72. The van der Waals surface area contributed by atoms with Crippen LogP contribution in [-0.4, -0.2) is 36.8 Å². The molecule has 0 spiro atoms. The van der Waals surface area contributed by atoms with Crippen LogP contribution in [0.25, 0.3) is 0 Å². The average molecular weight is 241 g/mol. The minimum Gasteiger partial charge on any atom is -0.489 e. The van der Waals surface area contributed by atoms with Gasteiger partial charge in [0, 0.05) is 13.2 Å². The van der Waals surface area contributed by atoms with E-state index in [2.05, 4.69) is 22.2 Å². The fourth-order valence-corrected chi connectivity index (χ4v) is 1.29. The summed E-state index contributed by atoms with van der Waals surface area (Å²) in [5.41, 5.74) is -0.295. The second-order valence-electron chi connectivity index (χ2n) is 3.51. The molecule has 6 nitrogen and oxygen atoms in total. The van der Waals surface area contributed by atoms with E-state index in [9.17, 15) is 4.79 Å². The van der Waals surface area contributed by atoms with E-state index in [0.717, 1.165) is 19.4 Å². The van der Waals surface area contributed by atoms with Crippen LogP contribution in [0.2, 0.25) is 0 Å². The van der Waals surface area contributed by atoms with Gasteiger partial charge in [0.15, 0.2) is 5.82 Å². The number of aromatic amines is 1. The summed E-state index contributed by atoms with van der Waals surface area (Å²) >= 11 is 0. The van der Waals surface area contributed by atoms with Gasteiger partial charge in [-0.1, -0.05) is 13.3 Å². The van der Waals surface area contributed by atoms with Gasteiger partial charge in [0.2, 0.25) is 5.75 Å². The highest BCUT2D eigenvalue weighted by molar-refractivity contribution is 5.47. The molecule has 0 aliphatic carbocycles. The summed E-state index contributed by atoms with van der Waals surface area (Å²) in [5, 5.41) is 3.00. The molecule has 1 aromatic heterocycles. The molecule has 96 valence electrons. The van der Waals surface area contributed by atoms with Crippen LogP contribution in [0.1, 0.15) is 19.8 Å². The number of nitrogens with one attached hydrogen (secondary N) is 2. The van der Waals surface area contributed by atoms with Gasteiger partial charge in [-0.25, -0.2) is 4.98 Å². The highest BCUT2D eigenvalue weighted by Gasteiger charge is 2.07. The Bertz CT molecular complexity index is 378. The number of ether oxygens (including phenoxy) is 2. The number of methoxy groups -OCH3 is 1. The molecule has 0 amide bonds. The van der Waals surface area contributed by atoms with E-state index in [-0.39, 0.29) is 11.3 Å². The first kappa shape index (κ1) is 13.5. The van der Waals surface area contributed by atoms with E-state index in [1.165, 1.54) is 13.4 Å². The van der Waals surface area contributed by atoms with E-state index in [0.29, 0.717) is 19.0 Å². The Morgan fingerprint density at radius 2 is 2.29 bits per heavy atom. The fraction of sp³-hybridized carbons (Fsp3) is 0.636. The molecule has 0 saturated carbocycles. The van der Waals surface area contributed by atoms with E-state index < -0.39 is 0 Å². The largest absolute Gasteiger partial charge is 0.489 e. The molecule has 0 aromatic carbocycles. The number of anilines is 1. The topological polar surface area (TPSA) is 76.2 Å². The number of rotatable bonds is 8. The van der Waals surface area contributed by atoms with Crippen LogP contribution in [0.3, 0.4) is 0 Å². The van der Waals surface area contributed by atoms with Crippen LogP contribution in [0.4, 0.5) is 5.82 Å². The summed E-state index contributed by atoms with van der Waals surface area (Å²) < 4.78 is 10.3. The molecule has 2 N–H and O–H groups in total. The summed E-state index contributed by atoms with van der Waals surface area (Å²) in [5.74, 6) is 0.636. The molecule has 0 bridgehead atoms. The molecule has 1 aromatic rings. The maximum Gasteiger partial charge on any atom is 0.295 e. The van der Waals surface area contributed by atoms with Crippen molar-refractivity contribution in [2.75, 3.05) is 32.2 Å². The van der Waals surface area contributed by atoms with Gasteiger partial charge < -0.3 is 19.8 Å². The minimum atomic E-state index is -0.295. The van der Waals surface area contributed by atoms with Crippen LogP contribution in [-0.2, 0) is 4.74 Å². The molecule has 0 unspecified atom stereocenters. The third-order valence-corrected chi connectivity index (χ3v) is 2.20. The molecule has 0 radical (unpaired) electrons. The van der Waals surface area contributed by atoms with Crippen molar-refractivity contribution >= 4 is 5.82 Å². The van der Waals surface area contributed by atoms with Gasteiger partial charge in [0.05, 0.1) is 20.0 Å². The van der Waals surface area contributed by atoms with Crippen LogP contribution in [0.5, 0.6) is 5.75 Å². The first-order valence-electron chi connectivity index (χ1n) is 5.72. The molecule has 6 heteroatoms. The number of nitrogens with zero attached hydrogens (tertiary/aromatic N) is 1. The summed E-state index contributed by atoms with van der Waals surface area (Å²) in [6, 6.07) is 0. The Morgan fingerprint density at radius 1 is 1.47 bits per heavy atom. The monoisotopic (exact) mass is 241 g/mol. The van der Waals surface area contributed by atoms with E-state index in [1.54, 1.807) is 0 Å². The molecule has 1 heterocycles. The highest BCUT2D eigenvalue weighted by atomic mass is 16.5. The van der Waals surface area contributed by atoms with Crippen molar-refractivity contribution in [3.05, 3.63) is 16.7 Å². The smallest absolute Gasteiger partial charge is 0.295 e. The Kier molecular flexibility index (Phi) is 6.09. The van der Waals surface area contributed by atoms with Crippen LogP contribution < -0.4 is 15.6 Å². The molecule has 0 fully saturated rings. The maximum absolute atomic E-state index is 11.4. The van der Waals surface area contributed by atoms with E-state index in [4.69, 9.17) is 9.47 Å². The second-order valence-corrected chi connectivity index (χ2v) is 3.51. The molecule has 17 heavy (non-hydrogen) atoms. The predicted octanol–water partition coefficient (Wildman–Crippen LogP) is 1.01. The Labute approximate surface area is 100 Å². The molecule has 0 aliphatic rings. The minimum absolute atomic E-state index is 0.195. The van der Waals surface area contributed by atoms with Crippen molar-refractivity contribution in [3.8, 4) is 5.75 Å². The third-order valence-electron chi connectivity index (χ3n) is 2.20. The lowest BCUT2D eigenvalue weighted by molar-refractivity contribution is 0.141. The van der Waals surface area contributed by atoms with Gasteiger partial charge in [0.25, 0.3) is 5.56 Å². The zero-order chi connectivity index (χ0) is 12.5. The highest BCUT2D eigenvalue weighted by Crippen LogP contribution is 2.13. The molecule has 0 saturated heterocycles. The van der Waals surface area contributed by atoms with Gasteiger partial charge in [-0.3, -0.25) is 4.79 Å². The molecule has 0 aliphatic heterocycles. The quantitative estimate of drug-likeness (QED) is 0.664. The third kappa shape index (κ3) is 4.44. The van der Waals surface area contributed by atoms with E-state index in [1.807, 2.05) is 0 Å². The maximum atomic E-state index is 11.4. The Hall–Kier alpha value is -1.56. The SMILES string of the molecule is CCCCOCCNc1nc[nH]c(=O)c1OC. The molecular formula is C11H19N3O3. The van der Waals surface area contributed by atoms with Crippen LogP contribution in [0, 0.1) is 0 Å². The summed E-state index contributed by atoms with van der Waals surface area (Å²) in [4.78, 5) is 17.8. The zero-order valence-corrected chi connectivity index (χ0v) is 10.3. The van der Waals surface area contributed by atoms with Crippen molar-refractivity contribution in [2.45, 2.75) is 19.8 Å². The van der Waals surface area contributed by atoms with Crippen LogP contribution >= 0.6 is 0 Å². The van der Waals surface area contributed by atoms with Gasteiger partial charge in [-0.15, -0.1) is 0 Å². The van der Waals surface area contributed by atoms with Crippen molar-refractivity contribution in [1.82, 2.24) is 9.97 Å². The van der Waals surface area contributed by atoms with Crippen molar-refractivity contribution in [1.29, 1.82) is 0 Å². The van der Waals surface area contributed by atoms with E-state index >= 15 is 0 Å². The number of hydrogen-bond acceptors (Lipinski definition) is 5. The number of hydrogen-bond donors (Lipinski definition) is 2.